The third-order valence-corrected chi connectivity index (χ3v) is 5.83. The van der Waals surface area contributed by atoms with Crippen molar-refractivity contribution >= 4 is 56.5 Å². The Morgan fingerprint density at radius 2 is 1.48 bits per heavy atom. The van der Waals surface area contributed by atoms with Gasteiger partial charge in [-0.3, -0.25) is 14.9 Å². The minimum absolute atomic E-state index is 0.205. The van der Waals surface area contributed by atoms with Gasteiger partial charge in [0.25, 0.3) is 11.8 Å². The summed E-state index contributed by atoms with van der Waals surface area (Å²) in [5.74, 6) is -0.146. The van der Waals surface area contributed by atoms with Gasteiger partial charge in [0.05, 0.1) is 0 Å². The summed E-state index contributed by atoms with van der Waals surface area (Å²) in [5, 5.41) is 7.59. The number of carbonyl (C=O) groups excluding carboxylic acids is 2. The van der Waals surface area contributed by atoms with Gasteiger partial charge in [-0.2, -0.15) is 0 Å². The second-order valence-corrected chi connectivity index (χ2v) is 8.69. The van der Waals surface area contributed by atoms with Crippen molar-refractivity contribution in [2.24, 2.45) is 0 Å². The van der Waals surface area contributed by atoms with Crippen LogP contribution < -0.4 is 15.4 Å². The summed E-state index contributed by atoms with van der Waals surface area (Å²) in [6.07, 6.45) is 0. The molecule has 166 valence electrons. The average molecular weight is 498 g/mol. The number of halogens is 2. The molecule has 1 heterocycles. The van der Waals surface area contributed by atoms with E-state index in [4.69, 9.17) is 27.9 Å². The van der Waals surface area contributed by atoms with Crippen LogP contribution in [0.15, 0.2) is 78.9 Å². The number of nitrogens with zero attached hydrogens (tertiary/aromatic N) is 1. The Morgan fingerprint density at radius 3 is 2.15 bits per heavy atom. The molecule has 0 aliphatic rings. The molecule has 3 aromatic carbocycles. The number of ether oxygens (including phenoxy) is 1. The molecule has 0 saturated heterocycles. The molecule has 33 heavy (non-hydrogen) atoms. The quantitative estimate of drug-likeness (QED) is 0.310. The predicted octanol–water partition coefficient (Wildman–Crippen LogP) is 6.39. The molecular weight excluding hydrogens is 481 g/mol. The maximum Gasteiger partial charge on any atom is 0.264 e. The van der Waals surface area contributed by atoms with E-state index in [2.05, 4.69) is 15.6 Å². The highest BCUT2D eigenvalue weighted by Gasteiger charge is 2.18. The molecular formula is C24H17Cl2N3O3S. The van der Waals surface area contributed by atoms with Gasteiger partial charge in [0.1, 0.15) is 16.4 Å². The molecule has 0 aliphatic heterocycles. The number of hydrogen-bond donors (Lipinski definition) is 2. The van der Waals surface area contributed by atoms with E-state index < -0.39 is 0 Å². The summed E-state index contributed by atoms with van der Waals surface area (Å²) >= 11 is 13.0. The molecule has 6 nitrogen and oxygen atoms in total. The first-order valence-corrected chi connectivity index (χ1v) is 11.4. The van der Waals surface area contributed by atoms with Crippen molar-refractivity contribution in [3.63, 3.8) is 0 Å². The molecule has 1 aromatic heterocycles. The number of benzene rings is 3. The zero-order chi connectivity index (χ0) is 23.2. The van der Waals surface area contributed by atoms with Crippen molar-refractivity contribution in [2.75, 3.05) is 17.2 Å². The van der Waals surface area contributed by atoms with Crippen LogP contribution in [0.2, 0.25) is 10.0 Å². The largest absolute Gasteiger partial charge is 0.484 e. The Hall–Kier alpha value is -3.39. The second kappa shape index (κ2) is 10.5. The van der Waals surface area contributed by atoms with E-state index in [1.54, 1.807) is 72.8 Å². The third-order valence-electron chi connectivity index (χ3n) is 4.44. The number of amides is 2. The molecule has 9 heteroatoms. The zero-order valence-corrected chi connectivity index (χ0v) is 19.4. The van der Waals surface area contributed by atoms with E-state index in [0.29, 0.717) is 37.2 Å². The molecule has 0 atom stereocenters. The van der Waals surface area contributed by atoms with Gasteiger partial charge in [-0.05, 0) is 48.5 Å². The van der Waals surface area contributed by atoms with Crippen molar-refractivity contribution in [3.05, 3.63) is 94.5 Å². The fourth-order valence-corrected chi connectivity index (χ4v) is 4.01. The van der Waals surface area contributed by atoms with Gasteiger partial charge >= 0.3 is 0 Å². The van der Waals surface area contributed by atoms with Gasteiger partial charge < -0.3 is 10.1 Å². The average Bonchev–Trinajstić information content (AvgIpc) is 3.21. The normalized spacial score (nSPS) is 10.5. The molecule has 0 saturated carbocycles. The van der Waals surface area contributed by atoms with Crippen LogP contribution in [0.25, 0.3) is 11.3 Å². The van der Waals surface area contributed by atoms with E-state index in [1.165, 1.54) is 0 Å². The first-order chi connectivity index (χ1) is 16.0. The van der Waals surface area contributed by atoms with Crippen LogP contribution in [0.1, 0.15) is 10.4 Å². The lowest BCUT2D eigenvalue weighted by atomic mass is 10.1. The molecule has 0 unspecified atom stereocenters. The Morgan fingerprint density at radius 1 is 0.848 bits per heavy atom. The topological polar surface area (TPSA) is 80.3 Å². The molecule has 0 aliphatic carbocycles. The molecule has 0 bridgehead atoms. The highest BCUT2D eigenvalue weighted by molar-refractivity contribution is 7.20. The number of aromatic nitrogens is 1. The number of carbonyl (C=O) groups is 2. The third kappa shape index (κ3) is 6.10. The number of anilines is 2. The van der Waals surface area contributed by atoms with Gasteiger partial charge in [0, 0.05) is 21.2 Å². The summed E-state index contributed by atoms with van der Waals surface area (Å²) < 4.78 is 5.47. The second-order valence-electron chi connectivity index (χ2n) is 6.81. The van der Waals surface area contributed by atoms with Gasteiger partial charge in [-0.1, -0.05) is 64.9 Å². The molecule has 0 radical (unpaired) electrons. The lowest BCUT2D eigenvalue weighted by molar-refractivity contribution is -0.118. The Labute approximate surface area is 204 Å². The summed E-state index contributed by atoms with van der Waals surface area (Å²) in [6.45, 7) is -0.205. The van der Waals surface area contributed by atoms with E-state index >= 15 is 0 Å². The van der Waals surface area contributed by atoms with Crippen LogP contribution in [0.4, 0.5) is 10.1 Å². The van der Waals surface area contributed by atoms with Crippen LogP contribution in [-0.4, -0.2) is 23.4 Å². The van der Waals surface area contributed by atoms with Crippen LogP contribution in [0.3, 0.4) is 0 Å². The number of nitrogens with one attached hydrogen (secondary N) is 2. The summed E-state index contributed by atoms with van der Waals surface area (Å²) in [7, 11) is 0. The lowest BCUT2D eigenvalue weighted by Gasteiger charge is -2.05. The Bertz CT molecular complexity index is 1260. The predicted molar refractivity (Wildman–Crippen MR) is 133 cm³/mol. The SMILES string of the molecule is O=C(COc1ccc(Cl)cc1)Nc1nc(-c2ccc(Cl)cc2)c(NC(=O)c2ccccc2)s1. The van der Waals surface area contributed by atoms with Crippen molar-refractivity contribution in [1.29, 1.82) is 0 Å². The minimum atomic E-state index is -0.387. The molecule has 4 rings (SSSR count). The highest BCUT2D eigenvalue weighted by Crippen LogP contribution is 2.36. The monoisotopic (exact) mass is 497 g/mol. The maximum atomic E-state index is 12.7. The standard InChI is InChI=1S/C24H17Cl2N3O3S/c25-17-8-6-15(7-9-17)21-23(29-22(31)16-4-2-1-3-5-16)33-24(28-21)27-20(30)14-32-19-12-10-18(26)11-13-19/h1-13H,14H2,(H,29,31)(H,27,28,30). The molecule has 2 N–H and O–H groups in total. The first-order valence-electron chi connectivity index (χ1n) is 9.79. The van der Waals surface area contributed by atoms with Crippen molar-refractivity contribution < 1.29 is 14.3 Å². The van der Waals surface area contributed by atoms with Crippen molar-refractivity contribution in [2.45, 2.75) is 0 Å². The van der Waals surface area contributed by atoms with Crippen molar-refractivity contribution in [3.8, 4) is 17.0 Å². The number of rotatable bonds is 7. The summed E-state index contributed by atoms with van der Waals surface area (Å²) in [5.41, 5.74) is 1.78. The molecule has 2 amide bonds. The van der Waals surface area contributed by atoms with E-state index in [0.717, 1.165) is 16.9 Å². The van der Waals surface area contributed by atoms with Crippen LogP contribution >= 0.6 is 34.5 Å². The lowest BCUT2D eigenvalue weighted by Crippen LogP contribution is -2.20. The first kappa shape index (κ1) is 22.8. The minimum Gasteiger partial charge on any atom is -0.484 e. The number of hydrogen-bond acceptors (Lipinski definition) is 5. The molecule has 0 fully saturated rings. The van der Waals surface area contributed by atoms with Crippen LogP contribution in [0, 0.1) is 0 Å². The smallest absolute Gasteiger partial charge is 0.264 e. The van der Waals surface area contributed by atoms with Crippen LogP contribution in [-0.2, 0) is 4.79 Å². The van der Waals surface area contributed by atoms with Gasteiger partial charge in [-0.25, -0.2) is 4.98 Å². The van der Waals surface area contributed by atoms with E-state index in [-0.39, 0.29) is 18.4 Å². The van der Waals surface area contributed by atoms with Gasteiger partial charge in [-0.15, -0.1) is 0 Å². The van der Waals surface area contributed by atoms with Crippen molar-refractivity contribution in [1.82, 2.24) is 4.98 Å². The highest BCUT2D eigenvalue weighted by atomic mass is 35.5. The van der Waals surface area contributed by atoms with Gasteiger partial charge in [0.15, 0.2) is 11.7 Å². The fraction of sp³-hybridized carbons (Fsp3) is 0.0417. The number of thiazole rings is 1. The Balaban J connectivity index is 1.52. The summed E-state index contributed by atoms with van der Waals surface area (Å²) in [6, 6.07) is 22.6. The van der Waals surface area contributed by atoms with Gasteiger partial charge in [0.2, 0.25) is 0 Å². The summed E-state index contributed by atoms with van der Waals surface area (Å²) in [4.78, 5) is 29.6. The van der Waals surface area contributed by atoms with E-state index in [1.807, 2.05) is 6.07 Å². The fourth-order valence-electron chi connectivity index (χ4n) is 2.86. The van der Waals surface area contributed by atoms with Crippen LogP contribution in [0.5, 0.6) is 5.75 Å². The zero-order valence-electron chi connectivity index (χ0n) is 17.0. The van der Waals surface area contributed by atoms with E-state index in [9.17, 15) is 9.59 Å². The Kier molecular flexibility index (Phi) is 7.24. The molecule has 0 spiro atoms. The molecule has 4 aromatic rings. The maximum absolute atomic E-state index is 12.7.